The molecule has 1 amide bonds. The maximum atomic E-state index is 12.0. The van der Waals surface area contributed by atoms with Crippen LogP contribution in [0.5, 0.6) is 0 Å². The van der Waals surface area contributed by atoms with Gasteiger partial charge in [0.1, 0.15) is 0 Å². The number of carbonyl (C=O) groups is 1. The number of alkyl halides is 1. The molecule has 5 nitrogen and oxygen atoms in total. The molecule has 1 unspecified atom stereocenters. The highest BCUT2D eigenvalue weighted by molar-refractivity contribution is 9.10. The van der Waals surface area contributed by atoms with Crippen molar-refractivity contribution in [2.75, 3.05) is 31.1 Å². The summed E-state index contributed by atoms with van der Waals surface area (Å²) < 4.78 is 0.871. The highest BCUT2D eigenvalue weighted by Gasteiger charge is 2.25. The molecule has 7 heteroatoms. The minimum atomic E-state index is -0.0667. The van der Waals surface area contributed by atoms with Gasteiger partial charge in [0.25, 0.3) is 0 Å². The van der Waals surface area contributed by atoms with Crippen LogP contribution in [-0.4, -0.2) is 51.8 Å². The van der Waals surface area contributed by atoms with Crippen LogP contribution in [0.2, 0.25) is 0 Å². The van der Waals surface area contributed by atoms with Gasteiger partial charge in [-0.3, -0.25) is 4.79 Å². The average Bonchev–Trinajstić information content (AvgIpc) is 2.46. The standard InChI is InChI=1S/C12H16Br2N4O/c1-2-10(14)11(19)17-3-5-18(6-4-17)12-15-7-9(13)8-16-12/h7-8,10H,2-6H2,1H3. The van der Waals surface area contributed by atoms with Crippen molar-refractivity contribution in [1.82, 2.24) is 14.9 Å². The van der Waals surface area contributed by atoms with Crippen LogP contribution in [0.4, 0.5) is 5.95 Å². The first-order chi connectivity index (χ1) is 9.11. The lowest BCUT2D eigenvalue weighted by Crippen LogP contribution is -2.51. The summed E-state index contributed by atoms with van der Waals surface area (Å²) in [6.45, 7) is 5.00. The van der Waals surface area contributed by atoms with Crippen LogP contribution in [0, 0.1) is 0 Å². The Kier molecular flexibility index (Phi) is 5.15. The van der Waals surface area contributed by atoms with Crippen LogP contribution in [0.3, 0.4) is 0 Å². The fourth-order valence-corrected chi connectivity index (χ4v) is 2.46. The van der Waals surface area contributed by atoms with Crippen molar-refractivity contribution >= 4 is 43.7 Å². The molecule has 1 aromatic rings. The number of hydrogen-bond donors (Lipinski definition) is 0. The van der Waals surface area contributed by atoms with Crippen molar-refractivity contribution in [1.29, 1.82) is 0 Å². The molecule has 0 N–H and O–H groups in total. The lowest BCUT2D eigenvalue weighted by molar-refractivity contribution is -0.130. The van der Waals surface area contributed by atoms with Gasteiger partial charge in [0.15, 0.2) is 0 Å². The third-order valence-corrected chi connectivity index (χ3v) is 4.56. The monoisotopic (exact) mass is 390 g/mol. The summed E-state index contributed by atoms with van der Waals surface area (Å²) in [6, 6.07) is 0. The van der Waals surface area contributed by atoms with Crippen LogP contribution in [0.1, 0.15) is 13.3 Å². The summed E-state index contributed by atoms with van der Waals surface area (Å²) in [6.07, 6.45) is 4.30. The molecule has 2 heterocycles. The number of rotatable bonds is 3. The van der Waals surface area contributed by atoms with Gasteiger partial charge in [-0.05, 0) is 22.4 Å². The van der Waals surface area contributed by atoms with Crippen molar-refractivity contribution in [2.24, 2.45) is 0 Å². The van der Waals surface area contributed by atoms with E-state index in [0.29, 0.717) is 0 Å². The molecule has 1 saturated heterocycles. The van der Waals surface area contributed by atoms with Crippen LogP contribution >= 0.6 is 31.9 Å². The second-order valence-electron chi connectivity index (χ2n) is 4.39. The maximum Gasteiger partial charge on any atom is 0.236 e. The third kappa shape index (κ3) is 3.66. The Morgan fingerprint density at radius 1 is 1.32 bits per heavy atom. The van der Waals surface area contributed by atoms with Gasteiger partial charge in [-0.2, -0.15) is 0 Å². The van der Waals surface area contributed by atoms with Gasteiger partial charge < -0.3 is 9.80 Å². The molecule has 104 valence electrons. The van der Waals surface area contributed by atoms with Gasteiger partial charge in [-0.1, -0.05) is 22.9 Å². The Balaban J connectivity index is 1.92. The SMILES string of the molecule is CCC(Br)C(=O)N1CCN(c2ncc(Br)cn2)CC1. The van der Waals surface area contributed by atoms with E-state index in [2.05, 4.69) is 46.7 Å². The predicted molar refractivity (Wildman–Crippen MR) is 81.5 cm³/mol. The van der Waals surface area contributed by atoms with E-state index >= 15 is 0 Å². The Morgan fingerprint density at radius 2 is 1.89 bits per heavy atom. The Morgan fingerprint density at radius 3 is 2.42 bits per heavy atom. The van der Waals surface area contributed by atoms with Crippen molar-refractivity contribution in [3.8, 4) is 0 Å². The smallest absolute Gasteiger partial charge is 0.236 e. The second-order valence-corrected chi connectivity index (χ2v) is 6.41. The molecule has 2 rings (SSSR count). The van der Waals surface area contributed by atoms with Crippen molar-refractivity contribution in [3.05, 3.63) is 16.9 Å². The lowest BCUT2D eigenvalue weighted by atomic mass is 10.2. The molecular formula is C12H16Br2N4O. The van der Waals surface area contributed by atoms with Gasteiger partial charge in [-0.25, -0.2) is 9.97 Å². The first-order valence-corrected chi connectivity index (χ1v) is 7.98. The van der Waals surface area contributed by atoms with Gasteiger partial charge in [0.2, 0.25) is 11.9 Å². The van der Waals surface area contributed by atoms with Crippen molar-refractivity contribution in [2.45, 2.75) is 18.2 Å². The van der Waals surface area contributed by atoms with E-state index in [1.807, 2.05) is 11.8 Å². The Bertz CT molecular complexity index is 432. The van der Waals surface area contributed by atoms with Gasteiger partial charge in [-0.15, -0.1) is 0 Å². The number of aromatic nitrogens is 2. The largest absolute Gasteiger partial charge is 0.338 e. The number of nitrogens with zero attached hydrogens (tertiary/aromatic N) is 4. The molecular weight excluding hydrogens is 376 g/mol. The molecule has 0 saturated carbocycles. The maximum absolute atomic E-state index is 12.0. The summed E-state index contributed by atoms with van der Waals surface area (Å²) in [5.41, 5.74) is 0. The summed E-state index contributed by atoms with van der Waals surface area (Å²) >= 11 is 6.73. The average molecular weight is 392 g/mol. The van der Waals surface area contributed by atoms with E-state index in [1.54, 1.807) is 12.4 Å². The first-order valence-electron chi connectivity index (χ1n) is 6.27. The van der Waals surface area contributed by atoms with E-state index in [-0.39, 0.29) is 10.7 Å². The number of hydrogen-bond acceptors (Lipinski definition) is 4. The number of piperazine rings is 1. The minimum absolute atomic E-state index is 0.0667. The molecule has 0 radical (unpaired) electrons. The van der Waals surface area contributed by atoms with Crippen molar-refractivity contribution in [3.63, 3.8) is 0 Å². The number of amides is 1. The molecule has 0 aliphatic carbocycles. The quantitative estimate of drug-likeness (QED) is 0.740. The predicted octanol–water partition coefficient (Wildman–Crippen LogP) is 2.06. The fraction of sp³-hybridized carbons (Fsp3) is 0.583. The Hall–Kier alpha value is -0.690. The Labute approximate surface area is 129 Å². The fourth-order valence-electron chi connectivity index (χ4n) is 1.97. The van der Waals surface area contributed by atoms with Gasteiger partial charge in [0, 0.05) is 38.6 Å². The van der Waals surface area contributed by atoms with Gasteiger partial charge >= 0.3 is 0 Å². The third-order valence-electron chi connectivity index (χ3n) is 3.11. The topological polar surface area (TPSA) is 49.3 Å². The minimum Gasteiger partial charge on any atom is -0.338 e. The van der Waals surface area contributed by atoms with Crippen molar-refractivity contribution < 1.29 is 4.79 Å². The lowest BCUT2D eigenvalue weighted by Gasteiger charge is -2.35. The normalized spacial score (nSPS) is 17.4. The molecule has 1 fully saturated rings. The number of carbonyl (C=O) groups excluding carboxylic acids is 1. The highest BCUT2D eigenvalue weighted by atomic mass is 79.9. The summed E-state index contributed by atoms with van der Waals surface area (Å²) in [7, 11) is 0. The number of halogens is 2. The van der Waals surface area contributed by atoms with E-state index in [1.165, 1.54) is 0 Å². The van der Waals surface area contributed by atoms with Crippen LogP contribution in [-0.2, 0) is 4.79 Å². The van der Waals surface area contributed by atoms with Gasteiger partial charge in [0.05, 0.1) is 9.30 Å². The van der Waals surface area contributed by atoms with E-state index in [9.17, 15) is 4.79 Å². The summed E-state index contributed by atoms with van der Waals surface area (Å²) in [5, 5.41) is 0. The van der Waals surface area contributed by atoms with E-state index in [4.69, 9.17) is 0 Å². The van der Waals surface area contributed by atoms with Crippen LogP contribution < -0.4 is 4.90 Å². The molecule has 0 bridgehead atoms. The molecule has 1 aliphatic rings. The number of anilines is 1. The molecule has 19 heavy (non-hydrogen) atoms. The zero-order valence-corrected chi connectivity index (χ0v) is 13.9. The second kappa shape index (κ2) is 6.65. The molecule has 1 atom stereocenters. The van der Waals surface area contributed by atoms with Crippen LogP contribution in [0.15, 0.2) is 16.9 Å². The van der Waals surface area contributed by atoms with E-state index in [0.717, 1.165) is 43.0 Å². The molecule has 1 aliphatic heterocycles. The zero-order valence-electron chi connectivity index (χ0n) is 10.7. The summed E-state index contributed by atoms with van der Waals surface area (Å²) in [5.74, 6) is 0.903. The van der Waals surface area contributed by atoms with E-state index < -0.39 is 0 Å². The summed E-state index contributed by atoms with van der Waals surface area (Å²) in [4.78, 5) is 24.5. The van der Waals surface area contributed by atoms with Crippen LogP contribution in [0.25, 0.3) is 0 Å². The molecule has 0 spiro atoms. The zero-order chi connectivity index (χ0) is 13.8. The first kappa shape index (κ1) is 14.7. The highest BCUT2D eigenvalue weighted by Crippen LogP contribution is 2.15. The molecule has 0 aromatic carbocycles. The molecule has 1 aromatic heterocycles.